The molecule has 0 fully saturated rings. The zero-order valence-corrected chi connectivity index (χ0v) is 17.9. The lowest BCUT2D eigenvalue weighted by molar-refractivity contribution is -0.135. The molecule has 0 atom stereocenters. The smallest absolute Gasteiger partial charge is 0.226 e. The van der Waals surface area contributed by atoms with Crippen LogP contribution in [0.4, 0.5) is 0 Å². The summed E-state index contributed by atoms with van der Waals surface area (Å²) in [4.78, 5) is 15.2. The summed E-state index contributed by atoms with van der Waals surface area (Å²) in [5, 5.41) is 0. The Hall–Kier alpha value is -3.33. The largest absolute Gasteiger partial charge is 0.496 e. The van der Waals surface area contributed by atoms with E-state index in [0.29, 0.717) is 6.54 Å². The van der Waals surface area contributed by atoms with E-state index < -0.39 is 0 Å². The average Bonchev–Trinajstić information content (AvgIpc) is 2.79. The summed E-state index contributed by atoms with van der Waals surface area (Å²) in [6.45, 7) is 4.40. The van der Waals surface area contributed by atoms with Gasteiger partial charge in [-0.3, -0.25) is 4.79 Å². The number of amides is 1. The van der Waals surface area contributed by atoms with Crippen molar-refractivity contribution in [2.24, 2.45) is 5.92 Å². The maximum atomic E-state index is 13.3. The fourth-order valence-corrected chi connectivity index (χ4v) is 3.57. The van der Waals surface area contributed by atoms with Crippen LogP contribution in [-0.2, 0) is 4.79 Å². The highest BCUT2D eigenvalue weighted by atomic mass is 16.5. The van der Waals surface area contributed by atoms with Crippen LogP contribution in [0.2, 0.25) is 0 Å². The summed E-state index contributed by atoms with van der Waals surface area (Å²) in [5.41, 5.74) is 3.19. The number of hydrogen-bond donors (Lipinski definition) is 0. The lowest BCUT2D eigenvalue weighted by Crippen LogP contribution is -2.38. The van der Waals surface area contributed by atoms with E-state index in [4.69, 9.17) is 4.74 Å². The lowest BCUT2D eigenvalue weighted by Gasteiger charge is -2.33. The van der Waals surface area contributed by atoms with Crippen LogP contribution in [0.1, 0.15) is 36.6 Å². The Morgan fingerprint density at radius 2 is 1.40 bits per heavy atom. The topological polar surface area (TPSA) is 29.5 Å². The van der Waals surface area contributed by atoms with Gasteiger partial charge in [0.05, 0.1) is 13.2 Å². The van der Waals surface area contributed by atoms with Crippen LogP contribution in [0.25, 0.3) is 6.08 Å². The monoisotopic (exact) mass is 399 g/mol. The Labute approximate surface area is 179 Å². The van der Waals surface area contributed by atoms with Gasteiger partial charge in [-0.2, -0.15) is 0 Å². The van der Waals surface area contributed by atoms with Gasteiger partial charge < -0.3 is 9.64 Å². The molecule has 0 aliphatic heterocycles. The number of hydrogen-bond acceptors (Lipinski definition) is 2. The summed E-state index contributed by atoms with van der Waals surface area (Å²) in [6, 6.07) is 28.2. The fraction of sp³-hybridized carbons (Fsp3) is 0.222. The van der Waals surface area contributed by atoms with Crippen molar-refractivity contribution in [1.29, 1.82) is 0 Å². The van der Waals surface area contributed by atoms with E-state index in [1.807, 2.05) is 91.6 Å². The number of ether oxygens (including phenoxy) is 1. The molecule has 0 spiro atoms. The summed E-state index contributed by atoms with van der Waals surface area (Å²) < 4.78 is 5.44. The van der Waals surface area contributed by atoms with Gasteiger partial charge in [-0.05, 0) is 17.2 Å². The maximum Gasteiger partial charge on any atom is 0.226 e. The molecule has 0 heterocycles. The first-order valence-electron chi connectivity index (χ1n) is 10.3. The summed E-state index contributed by atoms with van der Waals surface area (Å²) in [7, 11) is 1.67. The SMILES string of the molecule is COc1ccccc1/C=C/CN(C(=O)C(C)C)C(c1ccccc1)c1ccccc1. The highest BCUT2D eigenvalue weighted by molar-refractivity contribution is 5.79. The Bertz CT molecular complexity index is 925. The predicted octanol–water partition coefficient (Wildman–Crippen LogP) is 5.98. The molecule has 3 aromatic rings. The Balaban J connectivity index is 1.98. The quantitative estimate of drug-likeness (QED) is 0.466. The van der Waals surface area contributed by atoms with E-state index in [-0.39, 0.29) is 17.9 Å². The number of carbonyl (C=O) groups excluding carboxylic acids is 1. The van der Waals surface area contributed by atoms with Gasteiger partial charge in [-0.1, -0.05) is 105 Å². The molecule has 0 unspecified atom stereocenters. The molecule has 1 amide bonds. The molecular weight excluding hydrogens is 370 g/mol. The van der Waals surface area contributed by atoms with Crippen LogP contribution in [0.3, 0.4) is 0 Å². The van der Waals surface area contributed by atoms with Crippen molar-refractivity contribution in [2.45, 2.75) is 19.9 Å². The molecular formula is C27H29NO2. The highest BCUT2D eigenvalue weighted by Crippen LogP contribution is 2.30. The van der Waals surface area contributed by atoms with Crippen LogP contribution in [0.5, 0.6) is 5.75 Å². The molecule has 3 aromatic carbocycles. The molecule has 0 saturated heterocycles. The van der Waals surface area contributed by atoms with Crippen molar-refractivity contribution < 1.29 is 9.53 Å². The fourth-order valence-electron chi connectivity index (χ4n) is 3.57. The van der Waals surface area contributed by atoms with Crippen LogP contribution in [0.15, 0.2) is 91.0 Å². The van der Waals surface area contributed by atoms with E-state index in [1.165, 1.54) is 0 Å². The number of benzene rings is 3. The summed E-state index contributed by atoms with van der Waals surface area (Å²) in [5.74, 6) is 0.843. The van der Waals surface area contributed by atoms with Crippen LogP contribution in [0, 0.1) is 5.92 Å². The minimum absolute atomic E-state index is 0.0976. The minimum atomic E-state index is -0.149. The van der Waals surface area contributed by atoms with Gasteiger partial charge >= 0.3 is 0 Å². The second kappa shape index (κ2) is 10.4. The molecule has 30 heavy (non-hydrogen) atoms. The predicted molar refractivity (Wildman–Crippen MR) is 123 cm³/mol. The van der Waals surface area contributed by atoms with E-state index >= 15 is 0 Å². The van der Waals surface area contributed by atoms with E-state index in [1.54, 1.807) is 7.11 Å². The first-order valence-corrected chi connectivity index (χ1v) is 10.3. The molecule has 0 radical (unpaired) electrons. The molecule has 3 heteroatoms. The van der Waals surface area contributed by atoms with E-state index in [2.05, 4.69) is 24.3 Å². The van der Waals surface area contributed by atoms with Crippen LogP contribution < -0.4 is 4.74 Å². The first-order chi connectivity index (χ1) is 14.6. The maximum absolute atomic E-state index is 13.3. The zero-order valence-electron chi connectivity index (χ0n) is 17.9. The second-order valence-corrected chi connectivity index (χ2v) is 7.51. The van der Waals surface area contributed by atoms with Crippen molar-refractivity contribution in [2.75, 3.05) is 13.7 Å². The lowest BCUT2D eigenvalue weighted by atomic mass is 9.95. The van der Waals surface area contributed by atoms with Gasteiger partial charge in [0.15, 0.2) is 0 Å². The number of para-hydroxylation sites is 1. The van der Waals surface area contributed by atoms with Crippen molar-refractivity contribution in [3.8, 4) is 5.75 Å². The zero-order chi connectivity index (χ0) is 21.3. The summed E-state index contributed by atoms with van der Waals surface area (Å²) >= 11 is 0. The molecule has 0 aliphatic carbocycles. The first kappa shape index (κ1) is 21.4. The molecule has 0 aliphatic rings. The molecule has 0 saturated carbocycles. The minimum Gasteiger partial charge on any atom is -0.496 e. The van der Waals surface area contributed by atoms with Crippen molar-refractivity contribution in [1.82, 2.24) is 4.90 Å². The van der Waals surface area contributed by atoms with Gasteiger partial charge in [-0.25, -0.2) is 0 Å². The molecule has 0 bridgehead atoms. The summed E-state index contributed by atoms with van der Waals surface area (Å²) in [6.07, 6.45) is 4.06. The normalized spacial score (nSPS) is 11.2. The van der Waals surface area contributed by atoms with E-state index in [0.717, 1.165) is 22.4 Å². The van der Waals surface area contributed by atoms with Gasteiger partial charge in [0.1, 0.15) is 5.75 Å². The highest BCUT2D eigenvalue weighted by Gasteiger charge is 2.27. The molecule has 3 nitrogen and oxygen atoms in total. The molecule has 0 N–H and O–H groups in total. The van der Waals surface area contributed by atoms with E-state index in [9.17, 15) is 4.79 Å². The molecule has 154 valence electrons. The third-order valence-corrected chi connectivity index (χ3v) is 5.06. The number of nitrogens with zero attached hydrogens (tertiary/aromatic N) is 1. The Kier molecular flexibility index (Phi) is 7.45. The van der Waals surface area contributed by atoms with Gasteiger partial charge in [0.2, 0.25) is 5.91 Å². The van der Waals surface area contributed by atoms with Gasteiger partial charge in [-0.15, -0.1) is 0 Å². The van der Waals surface area contributed by atoms with Crippen LogP contribution in [-0.4, -0.2) is 24.5 Å². The number of carbonyl (C=O) groups is 1. The number of methoxy groups -OCH3 is 1. The van der Waals surface area contributed by atoms with Crippen molar-refractivity contribution >= 4 is 12.0 Å². The van der Waals surface area contributed by atoms with Gasteiger partial charge in [0.25, 0.3) is 0 Å². The number of rotatable bonds is 8. The van der Waals surface area contributed by atoms with Crippen molar-refractivity contribution in [3.05, 3.63) is 108 Å². The molecule has 0 aromatic heterocycles. The Morgan fingerprint density at radius 3 is 1.93 bits per heavy atom. The Morgan fingerprint density at radius 1 is 0.867 bits per heavy atom. The van der Waals surface area contributed by atoms with Crippen molar-refractivity contribution in [3.63, 3.8) is 0 Å². The van der Waals surface area contributed by atoms with Crippen LogP contribution >= 0.6 is 0 Å². The average molecular weight is 400 g/mol. The standard InChI is InChI=1S/C27H29NO2/c1-21(2)27(29)28(20-12-18-22-13-10-11-19-25(22)30-3)26(23-14-6-4-7-15-23)24-16-8-5-9-17-24/h4-19,21,26H,20H2,1-3H3/b18-12+. The molecule has 3 rings (SSSR count). The second-order valence-electron chi connectivity index (χ2n) is 7.51. The van der Waals surface area contributed by atoms with Gasteiger partial charge in [0, 0.05) is 18.0 Å². The third-order valence-electron chi connectivity index (χ3n) is 5.06. The third kappa shape index (κ3) is 5.18.